The van der Waals surface area contributed by atoms with Crippen molar-refractivity contribution in [2.75, 3.05) is 26.4 Å². The van der Waals surface area contributed by atoms with E-state index in [1.165, 1.54) is 70.6 Å². The largest absolute Gasteiger partial charge is 0.472 e. The van der Waals surface area contributed by atoms with Crippen LogP contribution in [0.5, 0.6) is 0 Å². The summed E-state index contributed by atoms with van der Waals surface area (Å²) in [7, 11) is -4.40. The summed E-state index contributed by atoms with van der Waals surface area (Å²) in [6.07, 6.45) is 27.2. The maximum atomic E-state index is 12.0. The van der Waals surface area contributed by atoms with E-state index in [0.717, 1.165) is 57.8 Å². The van der Waals surface area contributed by atoms with E-state index in [2.05, 4.69) is 31.3 Å². The van der Waals surface area contributed by atoms with Gasteiger partial charge in [-0.25, -0.2) is 4.57 Å². The molecule has 0 aromatic heterocycles. The molecule has 254 valence electrons. The van der Waals surface area contributed by atoms with Crippen LogP contribution in [0.15, 0.2) is 12.2 Å². The summed E-state index contributed by atoms with van der Waals surface area (Å²) in [5, 5.41) is 12.6. The minimum absolute atomic E-state index is 0.0836. The molecular weight excluding hydrogens is 569 g/mol. The first-order valence-corrected chi connectivity index (χ1v) is 18.7. The molecule has 2 atom stereocenters. The molecule has 1 amide bonds. The molecule has 0 aromatic carbocycles. The van der Waals surface area contributed by atoms with E-state index in [1.807, 2.05) is 0 Å². The van der Waals surface area contributed by atoms with Gasteiger partial charge in [0.2, 0.25) is 5.91 Å². The highest BCUT2D eigenvalue weighted by Gasteiger charge is 2.23. The molecule has 43 heavy (non-hydrogen) atoms. The molecule has 0 rings (SSSR count). The Kier molecular flexibility index (Phi) is 29.9. The zero-order chi connectivity index (χ0) is 31.9. The number of aliphatic hydroxyl groups excluding tert-OH is 1. The molecule has 0 heterocycles. The van der Waals surface area contributed by atoms with E-state index >= 15 is 0 Å². The maximum Gasteiger partial charge on any atom is 0.472 e. The second-order valence-corrected chi connectivity index (χ2v) is 12.9. The van der Waals surface area contributed by atoms with E-state index in [-0.39, 0.29) is 32.1 Å². The van der Waals surface area contributed by atoms with Gasteiger partial charge in [-0.05, 0) is 38.5 Å². The summed E-state index contributed by atoms with van der Waals surface area (Å²) >= 11 is 0. The predicted molar refractivity (Wildman–Crippen MR) is 174 cm³/mol. The smallest absolute Gasteiger partial charge is 0.463 e. The fourth-order valence-corrected chi connectivity index (χ4v) is 5.31. The Hall–Kier alpha value is -1.25. The minimum atomic E-state index is -4.40. The van der Waals surface area contributed by atoms with Gasteiger partial charge in [0.25, 0.3) is 0 Å². The van der Waals surface area contributed by atoms with Crippen molar-refractivity contribution in [1.82, 2.24) is 5.32 Å². The number of rotatable bonds is 32. The van der Waals surface area contributed by atoms with Crippen LogP contribution in [-0.4, -0.2) is 54.3 Å². The summed E-state index contributed by atoms with van der Waals surface area (Å²) in [5.41, 5.74) is 0. The lowest BCUT2D eigenvalue weighted by molar-refractivity contribution is -0.147. The number of phosphoric acid groups is 1. The van der Waals surface area contributed by atoms with Gasteiger partial charge in [0.1, 0.15) is 12.7 Å². The molecule has 3 N–H and O–H groups in total. The number of amides is 1. The predicted octanol–water partition coefficient (Wildman–Crippen LogP) is 8.32. The quantitative estimate of drug-likeness (QED) is 0.0292. The molecule has 0 spiro atoms. The van der Waals surface area contributed by atoms with Gasteiger partial charge >= 0.3 is 13.8 Å². The van der Waals surface area contributed by atoms with Gasteiger partial charge in [0, 0.05) is 19.4 Å². The van der Waals surface area contributed by atoms with E-state index in [0.29, 0.717) is 6.42 Å². The van der Waals surface area contributed by atoms with Gasteiger partial charge in [-0.3, -0.25) is 18.6 Å². The first-order chi connectivity index (χ1) is 20.8. The highest BCUT2D eigenvalue weighted by molar-refractivity contribution is 7.47. The normalized spacial score (nSPS) is 13.7. The van der Waals surface area contributed by atoms with Crippen molar-refractivity contribution < 1.29 is 37.9 Å². The van der Waals surface area contributed by atoms with Gasteiger partial charge in [0.15, 0.2) is 0 Å². The van der Waals surface area contributed by atoms with Crippen LogP contribution in [0, 0.1) is 0 Å². The Bertz CT molecular complexity index is 734. The Morgan fingerprint density at radius 1 is 0.698 bits per heavy atom. The SMILES string of the molecule is CCCCCCC/C=C\CCCCCCCC(=O)OCC(O)COP(=O)(O)OCCNC(=O)CCCCCCCCCC. The van der Waals surface area contributed by atoms with Crippen molar-refractivity contribution in [3.05, 3.63) is 12.2 Å². The molecule has 0 fully saturated rings. The van der Waals surface area contributed by atoms with Crippen LogP contribution in [0.4, 0.5) is 0 Å². The lowest BCUT2D eigenvalue weighted by Crippen LogP contribution is -2.27. The number of unbranched alkanes of at least 4 members (excludes halogenated alkanes) is 17. The highest BCUT2D eigenvalue weighted by Crippen LogP contribution is 2.42. The van der Waals surface area contributed by atoms with Gasteiger partial charge in [-0.2, -0.15) is 0 Å². The average Bonchev–Trinajstić information content (AvgIpc) is 2.98. The van der Waals surface area contributed by atoms with Crippen molar-refractivity contribution in [1.29, 1.82) is 0 Å². The number of hydrogen-bond donors (Lipinski definition) is 3. The molecule has 0 radical (unpaired) electrons. The third kappa shape index (κ3) is 32.0. The Morgan fingerprint density at radius 2 is 1.19 bits per heavy atom. The van der Waals surface area contributed by atoms with E-state index in [1.54, 1.807) is 0 Å². The van der Waals surface area contributed by atoms with Gasteiger partial charge in [-0.1, -0.05) is 116 Å². The van der Waals surface area contributed by atoms with E-state index < -0.39 is 26.5 Å². The third-order valence-electron chi connectivity index (χ3n) is 7.20. The first kappa shape index (κ1) is 41.8. The number of esters is 1. The molecule has 0 aliphatic rings. The lowest BCUT2D eigenvalue weighted by atomic mass is 10.1. The van der Waals surface area contributed by atoms with Gasteiger partial charge < -0.3 is 20.1 Å². The molecular formula is C33H64NO8P. The average molecular weight is 634 g/mol. The van der Waals surface area contributed by atoms with Crippen LogP contribution in [-0.2, 0) is 27.9 Å². The van der Waals surface area contributed by atoms with Crippen molar-refractivity contribution in [3.8, 4) is 0 Å². The van der Waals surface area contributed by atoms with Gasteiger partial charge in [0.05, 0.1) is 13.2 Å². The number of carbonyl (C=O) groups excluding carboxylic acids is 2. The van der Waals surface area contributed by atoms with Crippen LogP contribution in [0.2, 0.25) is 0 Å². The summed E-state index contributed by atoms with van der Waals surface area (Å²) in [6, 6.07) is 0. The fourth-order valence-electron chi connectivity index (χ4n) is 4.55. The number of hydrogen-bond acceptors (Lipinski definition) is 7. The van der Waals surface area contributed by atoms with E-state index in [4.69, 9.17) is 13.8 Å². The van der Waals surface area contributed by atoms with Crippen LogP contribution < -0.4 is 5.32 Å². The second-order valence-electron chi connectivity index (χ2n) is 11.5. The summed E-state index contributed by atoms with van der Waals surface area (Å²) in [5.74, 6) is -0.529. The maximum absolute atomic E-state index is 12.0. The topological polar surface area (TPSA) is 131 Å². The fraction of sp³-hybridized carbons (Fsp3) is 0.879. The lowest BCUT2D eigenvalue weighted by Gasteiger charge is -2.15. The molecule has 9 nitrogen and oxygen atoms in total. The summed E-state index contributed by atoms with van der Waals surface area (Å²) in [6.45, 7) is 3.48. The third-order valence-corrected chi connectivity index (χ3v) is 8.18. The Morgan fingerprint density at radius 3 is 1.74 bits per heavy atom. The number of aliphatic hydroxyl groups is 1. The summed E-state index contributed by atoms with van der Waals surface area (Å²) in [4.78, 5) is 33.5. The van der Waals surface area contributed by atoms with Crippen LogP contribution in [0.1, 0.15) is 155 Å². The number of ether oxygens (including phenoxy) is 1. The molecule has 10 heteroatoms. The van der Waals surface area contributed by atoms with Crippen molar-refractivity contribution in [3.63, 3.8) is 0 Å². The summed E-state index contributed by atoms with van der Waals surface area (Å²) < 4.78 is 26.6. The molecule has 0 bridgehead atoms. The van der Waals surface area contributed by atoms with Crippen LogP contribution in [0.25, 0.3) is 0 Å². The zero-order valence-corrected chi connectivity index (χ0v) is 28.3. The van der Waals surface area contributed by atoms with Crippen LogP contribution >= 0.6 is 7.82 Å². The molecule has 0 aliphatic carbocycles. The van der Waals surface area contributed by atoms with E-state index in [9.17, 15) is 24.2 Å². The number of allylic oxidation sites excluding steroid dienone is 2. The Labute approximate surface area is 262 Å². The van der Waals surface area contributed by atoms with Crippen molar-refractivity contribution in [2.45, 2.75) is 161 Å². The molecule has 0 aromatic rings. The minimum Gasteiger partial charge on any atom is -0.463 e. The number of nitrogens with one attached hydrogen (secondary N) is 1. The second kappa shape index (κ2) is 30.8. The van der Waals surface area contributed by atoms with Crippen molar-refractivity contribution in [2.24, 2.45) is 0 Å². The molecule has 0 aliphatic heterocycles. The zero-order valence-electron chi connectivity index (χ0n) is 27.4. The highest BCUT2D eigenvalue weighted by atomic mass is 31.2. The monoisotopic (exact) mass is 633 g/mol. The Balaban J connectivity index is 3.65. The number of phosphoric ester groups is 1. The van der Waals surface area contributed by atoms with Crippen LogP contribution in [0.3, 0.4) is 0 Å². The molecule has 0 saturated heterocycles. The molecule has 0 saturated carbocycles. The number of carbonyl (C=O) groups is 2. The van der Waals surface area contributed by atoms with Gasteiger partial charge in [-0.15, -0.1) is 0 Å². The van der Waals surface area contributed by atoms with Crippen molar-refractivity contribution >= 4 is 19.7 Å². The standard InChI is InChI=1S/C33H64NO8P/c1-3-5-7-9-11-13-14-15-16-17-18-20-22-24-26-33(37)40-29-31(35)30-42-43(38,39)41-28-27-34-32(36)25-23-21-19-12-10-8-6-4-2/h14-15,31,35H,3-13,16-30H2,1-2H3,(H,34,36)(H,38,39)/b15-14-. The molecule has 2 unspecified atom stereocenters. The first-order valence-electron chi connectivity index (χ1n) is 17.2.